The van der Waals surface area contributed by atoms with Crippen LogP contribution in [-0.4, -0.2) is 29.3 Å². The van der Waals surface area contributed by atoms with Gasteiger partial charge in [-0.15, -0.1) is 0 Å². The Morgan fingerprint density at radius 2 is 1.64 bits per heavy atom. The van der Waals surface area contributed by atoms with Crippen LogP contribution in [-0.2, 0) is 9.53 Å². The number of para-hydroxylation sites is 2. The number of nitrogens with zero attached hydrogens (tertiary/aromatic N) is 1. The van der Waals surface area contributed by atoms with Crippen molar-refractivity contribution in [1.29, 1.82) is 0 Å². The van der Waals surface area contributed by atoms with Gasteiger partial charge in [-0.1, -0.05) is 24.3 Å². The highest BCUT2D eigenvalue weighted by molar-refractivity contribution is 6.04. The Morgan fingerprint density at radius 3 is 2.28 bits per heavy atom. The molecule has 0 unspecified atom stereocenters. The highest BCUT2D eigenvalue weighted by Gasteiger charge is 2.21. The summed E-state index contributed by atoms with van der Waals surface area (Å²) in [6, 6.07) is 11.3. The van der Waals surface area contributed by atoms with Crippen LogP contribution in [0.15, 0.2) is 48.5 Å². The second-order valence-electron chi connectivity index (χ2n) is 4.81. The van der Waals surface area contributed by atoms with Gasteiger partial charge >= 0.3 is 5.97 Å². The fourth-order valence-corrected chi connectivity index (χ4v) is 2.01. The summed E-state index contributed by atoms with van der Waals surface area (Å²) in [6.07, 6.45) is 0. The number of ether oxygens (including phenoxy) is 1. The third-order valence-corrected chi connectivity index (χ3v) is 3.12. The Bertz CT molecular complexity index is 849. The Hall–Kier alpha value is -3.75. The summed E-state index contributed by atoms with van der Waals surface area (Å²) in [5.74, 6) is -2.46. The van der Waals surface area contributed by atoms with E-state index in [1.165, 1.54) is 30.3 Å². The predicted molar refractivity (Wildman–Crippen MR) is 87.0 cm³/mol. The lowest BCUT2D eigenvalue weighted by atomic mass is 10.1. The number of benzene rings is 2. The fraction of sp³-hybridized carbons (Fsp3) is 0.0625. The average Bonchev–Trinajstić information content (AvgIpc) is 2.60. The molecule has 0 aliphatic heterocycles. The number of rotatable bonds is 6. The van der Waals surface area contributed by atoms with E-state index in [-0.39, 0.29) is 16.8 Å². The maximum absolute atomic E-state index is 11.9. The number of esters is 1. The first kappa shape index (κ1) is 17.6. The molecule has 0 bridgehead atoms. The summed E-state index contributed by atoms with van der Waals surface area (Å²) in [4.78, 5) is 45.2. The van der Waals surface area contributed by atoms with Crippen LogP contribution in [0.4, 0.5) is 11.4 Å². The molecule has 9 heteroatoms. The van der Waals surface area contributed by atoms with Gasteiger partial charge in [-0.05, 0) is 18.2 Å². The molecule has 2 aromatic rings. The van der Waals surface area contributed by atoms with Gasteiger partial charge in [-0.3, -0.25) is 19.7 Å². The van der Waals surface area contributed by atoms with Crippen molar-refractivity contribution in [1.82, 2.24) is 0 Å². The predicted octanol–water partition coefficient (Wildman–Crippen LogP) is 1.49. The highest BCUT2D eigenvalue weighted by atomic mass is 16.6. The topological polar surface area (TPSA) is 142 Å². The van der Waals surface area contributed by atoms with E-state index in [0.29, 0.717) is 0 Å². The SMILES string of the molecule is NC(=O)c1ccccc1NC(=O)COC(=O)c1ccccc1[N+](=O)[O-]. The number of amides is 2. The quantitative estimate of drug-likeness (QED) is 0.462. The van der Waals surface area contributed by atoms with Gasteiger partial charge in [0.2, 0.25) is 0 Å². The first-order valence-electron chi connectivity index (χ1n) is 6.99. The number of hydrogen-bond acceptors (Lipinski definition) is 6. The van der Waals surface area contributed by atoms with Gasteiger partial charge in [0.15, 0.2) is 6.61 Å². The second kappa shape index (κ2) is 7.68. The zero-order valence-electron chi connectivity index (χ0n) is 12.8. The zero-order chi connectivity index (χ0) is 18.4. The molecule has 25 heavy (non-hydrogen) atoms. The molecule has 0 aliphatic rings. The molecule has 0 saturated heterocycles. The van der Waals surface area contributed by atoms with E-state index in [0.717, 1.165) is 6.07 Å². The number of hydrogen-bond donors (Lipinski definition) is 2. The number of nitrogens with one attached hydrogen (secondary N) is 1. The van der Waals surface area contributed by atoms with Gasteiger partial charge in [0.1, 0.15) is 5.56 Å². The first-order valence-corrected chi connectivity index (χ1v) is 6.99. The molecule has 3 N–H and O–H groups in total. The molecule has 2 amide bonds. The molecule has 0 atom stereocenters. The number of anilines is 1. The van der Waals surface area contributed by atoms with E-state index >= 15 is 0 Å². The molecule has 0 saturated carbocycles. The van der Waals surface area contributed by atoms with Crippen LogP contribution in [0.5, 0.6) is 0 Å². The molecule has 0 aromatic heterocycles. The van der Waals surface area contributed by atoms with Crippen LogP contribution < -0.4 is 11.1 Å². The normalized spacial score (nSPS) is 9.92. The third kappa shape index (κ3) is 4.38. The number of carbonyl (C=O) groups is 3. The van der Waals surface area contributed by atoms with Gasteiger partial charge in [0.25, 0.3) is 17.5 Å². The molecule has 9 nitrogen and oxygen atoms in total. The van der Waals surface area contributed by atoms with Crippen LogP contribution in [0.25, 0.3) is 0 Å². The lowest BCUT2D eigenvalue weighted by molar-refractivity contribution is -0.385. The molecule has 0 fully saturated rings. The van der Waals surface area contributed by atoms with Crippen LogP contribution >= 0.6 is 0 Å². The largest absolute Gasteiger partial charge is 0.452 e. The van der Waals surface area contributed by atoms with Crippen LogP contribution in [0, 0.1) is 10.1 Å². The van der Waals surface area contributed by atoms with Crippen molar-refractivity contribution in [2.75, 3.05) is 11.9 Å². The van der Waals surface area contributed by atoms with Gasteiger partial charge in [-0.2, -0.15) is 0 Å². The molecule has 0 aliphatic carbocycles. The summed E-state index contributed by atoms with van der Waals surface area (Å²) < 4.78 is 4.78. The first-order chi connectivity index (χ1) is 11.9. The number of carbonyl (C=O) groups excluding carboxylic acids is 3. The Kier molecular flexibility index (Phi) is 5.41. The lowest BCUT2D eigenvalue weighted by Crippen LogP contribution is -2.23. The van der Waals surface area contributed by atoms with Crippen molar-refractivity contribution < 1.29 is 24.0 Å². The molecule has 0 heterocycles. The maximum atomic E-state index is 11.9. The van der Waals surface area contributed by atoms with E-state index in [9.17, 15) is 24.5 Å². The van der Waals surface area contributed by atoms with E-state index in [2.05, 4.69) is 5.32 Å². The maximum Gasteiger partial charge on any atom is 0.345 e. The summed E-state index contributed by atoms with van der Waals surface area (Å²) in [7, 11) is 0. The average molecular weight is 343 g/mol. The van der Waals surface area contributed by atoms with E-state index < -0.39 is 35.0 Å². The van der Waals surface area contributed by atoms with E-state index in [1.807, 2.05) is 0 Å². The number of nitrogens with two attached hydrogens (primary N) is 1. The molecule has 128 valence electrons. The van der Waals surface area contributed by atoms with Gasteiger partial charge < -0.3 is 15.8 Å². The molecular formula is C16H13N3O6. The van der Waals surface area contributed by atoms with Crippen molar-refractivity contribution in [2.45, 2.75) is 0 Å². The van der Waals surface area contributed by atoms with Crippen molar-refractivity contribution in [3.63, 3.8) is 0 Å². The smallest absolute Gasteiger partial charge is 0.345 e. The number of primary amides is 1. The number of nitro benzene ring substituents is 1. The van der Waals surface area contributed by atoms with Crippen molar-refractivity contribution in [3.8, 4) is 0 Å². The van der Waals surface area contributed by atoms with Crippen LogP contribution in [0.3, 0.4) is 0 Å². The minimum Gasteiger partial charge on any atom is -0.452 e. The second-order valence-corrected chi connectivity index (χ2v) is 4.81. The van der Waals surface area contributed by atoms with Crippen LogP contribution in [0.1, 0.15) is 20.7 Å². The van der Waals surface area contributed by atoms with E-state index in [4.69, 9.17) is 10.5 Å². The van der Waals surface area contributed by atoms with Gasteiger partial charge in [0, 0.05) is 6.07 Å². The van der Waals surface area contributed by atoms with E-state index in [1.54, 1.807) is 12.1 Å². The summed E-state index contributed by atoms with van der Waals surface area (Å²) in [5, 5.41) is 13.3. The van der Waals surface area contributed by atoms with Crippen molar-refractivity contribution >= 4 is 29.2 Å². The minimum absolute atomic E-state index is 0.0980. The zero-order valence-corrected chi connectivity index (χ0v) is 12.8. The summed E-state index contributed by atoms with van der Waals surface area (Å²) in [6.45, 7) is -0.683. The summed E-state index contributed by atoms with van der Waals surface area (Å²) >= 11 is 0. The Morgan fingerprint density at radius 1 is 1.04 bits per heavy atom. The standard InChI is InChI=1S/C16H13N3O6/c17-15(21)10-5-1-3-7-12(10)18-14(20)9-25-16(22)11-6-2-4-8-13(11)19(23)24/h1-8H,9H2,(H2,17,21)(H,18,20). The summed E-state index contributed by atoms with van der Waals surface area (Å²) in [5.41, 5.74) is 4.77. The molecule has 2 rings (SSSR count). The third-order valence-electron chi connectivity index (χ3n) is 3.12. The molecular weight excluding hydrogens is 330 g/mol. The van der Waals surface area contributed by atoms with Crippen LogP contribution in [0.2, 0.25) is 0 Å². The lowest BCUT2D eigenvalue weighted by Gasteiger charge is -2.09. The monoisotopic (exact) mass is 343 g/mol. The molecule has 0 radical (unpaired) electrons. The van der Waals surface area contributed by atoms with Gasteiger partial charge in [-0.25, -0.2) is 4.79 Å². The van der Waals surface area contributed by atoms with Crippen molar-refractivity contribution in [3.05, 3.63) is 69.8 Å². The minimum atomic E-state index is -1.01. The fourth-order valence-electron chi connectivity index (χ4n) is 2.01. The van der Waals surface area contributed by atoms with Crippen molar-refractivity contribution in [2.24, 2.45) is 5.73 Å². The number of nitro groups is 1. The highest BCUT2D eigenvalue weighted by Crippen LogP contribution is 2.18. The Labute approximate surface area is 141 Å². The molecule has 0 spiro atoms. The van der Waals surface area contributed by atoms with Gasteiger partial charge in [0.05, 0.1) is 16.2 Å². The Balaban J connectivity index is 2.03. The molecule has 2 aromatic carbocycles.